The minimum absolute atomic E-state index is 0.00961. The Bertz CT molecular complexity index is 1290. The number of nitrogens with one attached hydrogen (secondary N) is 1. The van der Waals surface area contributed by atoms with Crippen molar-refractivity contribution in [3.05, 3.63) is 64.3 Å². The first-order chi connectivity index (χ1) is 15.4. The van der Waals surface area contributed by atoms with E-state index in [1.165, 1.54) is 18.2 Å². The van der Waals surface area contributed by atoms with E-state index in [1.54, 1.807) is 31.2 Å². The zero-order valence-electron chi connectivity index (χ0n) is 17.9. The molecular weight excluding hydrogens is 497 g/mol. The fraction of sp³-hybridized carbons (Fsp3) is 0.318. The number of thioether (sulfide) groups is 1. The molecule has 3 rings (SSSR count). The minimum atomic E-state index is -4.46. The largest absolute Gasteiger partial charge is 0.446 e. The Kier molecular flexibility index (Phi) is 7.83. The fourth-order valence-corrected chi connectivity index (χ4v) is 5.21. The van der Waals surface area contributed by atoms with E-state index in [9.17, 15) is 26.4 Å². The third kappa shape index (κ3) is 6.53. The molecule has 0 bridgehead atoms. The molecule has 0 spiro atoms. The van der Waals surface area contributed by atoms with Gasteiger partial charge in [-0.05, 0) is 42.8 Å². The van der Waals surface area contributed by atoms with Crippen LogP contribution in [0.4, 0.5) is 13.2 Å². The molecule has 0 amide bonds. The molecule has 0 unspecified atom stereocenters. The summed E-state index contributed by atoms with van der Waals surface area (Å²) in [5.41, 5.74) is -2.50. The van der Waals surface area contributed by atoms with Gasteiger partial charge < -0.3 is 4.57 Å². The number of benzene rings is 2. The summed E-state index contributed by atoms with van der Waals surface area (Å²) in [4.78, 5) is 13.3. The zero-order chi connectivity index (χ0) is 24.4. The number of aryl methyl sites for hydroxylation is 1. The molecule has 0 aliphatic rings. The second kappa shape index (κ2) is 10.1. The molecule has 33 heavy (non-hydrogen) atoms. The number of sulfonamides is 1. The van der Waals surface area contributed by atoms with E-state index in [-0.39, 0.29) is 35.4 Å². The summed E-state index contributed by atoms with van der Waals surface area (Å²) in [6.45, 7) is 2.38. The van der Waals surface area contributed by atoms with Crippen molar-refractivity contribution in [2.75, 3.05) is 12.8 Å². The van der Waals surface area contributed by atoms with Crippen LogP contribution in [0.1, 0.15) is 28.0 Å². The standard InChI is InChI=1S/C22H22ClF3N2O3S2/c1-14-20(18(29)13-15-7-3-4-10-19(15)32-22(24,25)26)16-8-5-9-17(23)21(16)28(14)12-6-11-27-33(2,30)31/h3-5,7-10,27H,6,11-13H2,1-2H3. The van der Waals surface area contributed by atoms with E-state index in [4.69, 9.17) is 11.6 Å². The first kappa shape index (κ1) is 25.6. The van der Waals surface area contributed by atoms with Crippen LogP contribution in [0.25, 0.3) is 10.9 Å². The van der Waals surface area contributed by atoms with Crippen LogP contribution < -0.4 is 4.72 Å². The lowest BCUT2D eigenvalue weighted by molar-refractivity contribution is -0.0328. The number of ketones is 1. The highest BCUT2D eigenvalue weighted by atomic mass is 35.5. The van der Waals surface area contributed by atoms with E-state index < -0.39 is 15.5 Å². The van der Waals surface area contributed by atoms with Gasteiger partial charge in [0.2, 0.25) is 10.0 Å². The average molecular weight is 519 g/mol. The number of Topliss-reactive ketones (excluding diaryl/α,β-unsaturated/α-hetero) is 1. The quantitative estimate of drug-likeness (QED) is 0.228. The monoisotopic (exact) mass is 518 g/mol. The summed E-state index contributed by atoms with van der Waals surface area (Å²) in [6.07, 6.45) is 1.34. The maximum Gasteiger partial charge on any atom is 0.446 e. The number of carbonyl (C=O) groups is 1. The van der Waals surface area contributed by atoms with Gasteiger partial charge in [-0.1, -0.05) is 41.9 Å². The Morgan fingerprint density at radius 1 is 1.15 bits per heavy atom. The fourth-order valence-electron chi connectivity index (χ4n) is 3.75. The maximum absolute atomic E-state index is 13.3. The van der Waals surface area contributed by atoms with Gasteiger partial charge in [0.25, 0.3) is 0 Å². The van der Waals surface area contributed by atoms with Crippen molar-refractivity contribution in [3.8, 4) is 0 Å². The number of alkyl halides is 3. The van der Waals surface area contributed by atoms with Crippen LogP contribution in [0.2, 0.25) is 5.02 Å². The predicted molar refractivity (Wildman–Crippen MR) is 126 cm³/mol. The number of rotatable bonds is 9. The molecule has 0 fully saturated rings. The summed E-state index contributed by atoms with van der Waals surface area (Å²) >= 11 is 6.18. The number of hydrogen-bond donors (Lipinski definition) is 1. The Morgan fingerprint density at radius 3 is 2.52 bits per heavy atom. The highest BCUT2D eigenvalue weighted by Gasteiger charge is 2.31. The van der Waals surface area contributed by atoms with Crippen molar-refractivity contribution < 1.29 is 26.4 Å². The average Bonchev–Trinajstić information content (AvgIpc) is 2.97. The number of para-hydroxylation sites is 1. The summed E-state index contributed by atoms with van der Waals surface area (Å²) in [5.74, 6) is -0.317. The number of fused-ring (bicyclic) bond motifs is 1. The Morgan fingerprint density at radius 2 is 1.85 bits per heavy atom. The van der Waals surface area contributed by atoms with Crippen LogP contribution >= 0.6 is 23.4 Å². The molecule has 1 heterocycles. The summed E-state index contributed by atoms with van der Waals surface area (Å²) < 4.78 is 65.7. The van der Waals surface area contributed by atoms with Crippen LogP contribution in [0, 0.1) is 6.92 Å². The SMILES string of the molecule is Cc1c(C(=O)Cc2ccccc2SC(F)(F)F)c2cccc(Cl)c2n1CCCNS(C)(=O)=O. The third-order valence-corrected chi connectivity index (χ3v) is 6.93. The van der Waals surface area contributed by atoms with Crippen LogP contribution in [-0.2, 0) is 23.0 Å². The first-order valence-electron chi connectivity index (χ1n) is 9.96. The lowest BCUT2D eigenvalue weighted by atomic mass is 10.0. The molecular formula is C22H22ClF3N2O3S2. The van der Waals surface area contributed by atoms with Gasteiger partial charge in [-0.3, -0.25) is 4.79 Å². The molecule has 3 aromatic rings. The van der Waals surface area contributed by atoms with Crippen molar-refractivity contribution in [2.24, 2.45) is 0 Å². The molecule has 0 saturated heterocycles. The van der Waals surface area contributed by atoms with Crippen molar-refractivity contribution in [3.63, 3.8) is 0 Å². The Balaban J connectivity index is 1.95. The molecule has 11 heteroatoms. The molecule has 0 aliphatic heterocycles. The van der Waals surface area contributed by atoms with E-state index >= 15 is 0 Å². The topological polar surface area (TPSA) is 68.2 Å². The molecule has 0 aliphatic carbocycles. The normalized spacial score (nSPS) is 12.4. The van der Waals surface area contributed by atoms with Crippen LogP contribution in [0.15, 0.2) is 47.4 Å². The summed E-state index contributed by atoms with van der Waals surface area (Å²) in [6, 6.07) is 11.1. The molecule has 2 aromatic carbocycles. The maximum atomic E-state index is 13.3. The van der Waals surface area contributed by atoms with Crippen LogP contribution in [-0.4, -0.2) is 37.1 Å². The minimum Gasteiger partial charge on any atom is -0.343 e. The van der Waals surface area contributed by atoms with Gasteiger partial charge in [-0.25, -0.2) is 13.1 Å². The highest BCUT2D eigenvalue weighted by Crippen LogP contribution is 2.39. The zero-order valence-corrected chi connectivity index (χ0v) is 20.3. The predicted octanol–water partition coefficient (Wildman–Crippen LogP) is 5.58. The molecule has 0 radical (unpaired) electrons. The second-order valence-corrected chi connectivity index (χ2v) is 10.9. The van der Waals surface area contributed by atoms with Crippen molar-refractivity contribution in [1.82, 2.24) is 9.29 Å². The van der Waals surface area contributed by atoms with Gasteiger partial charge >= 0.3 is 5.51 Å². The summed E-state index contributed by atoms with van der Waals surface area (Å²) in [7, 11) is -3.32. The van der Waals surface area contributed by atoms with Gasteiger partial charge in [-0.15, -0.1) is 0 Å². The number of carbonyl (C=O) groups excluding carboxylic acids is 1. The van der Waals surface area contributed by atoms with Crippen molar-refractivity contribution in [1.29, 1.82) is 0 Å². The van der Waals surface area contributed by atoms with Gasteiger partial charge in [0.1, 0.15) is 0 Å². The molecule has 1 aromatic heterocycles. The van der Waals surface area contributed by atoms with Gasteiger partial charge in [-0.2, -0.15) is 13.2 Å². The second-order valence-electron chi connectivity index (χ2n) is 7.52. The number of hydrogen-bond acceptors (Lipinski definition) is 4. The molecule has 178 valence electrons. The lowest BCUT2D eigenvalue weighted by Gasteiger charge is -2.11. The molecule has 0 saturated carbocycles. The number of nitrogens with zero attached hydrogens (tertiary/aromatic N) is 1. The summed E-state index contributed by atoms with van der Waals surface area (Å²) in [5, 5.41) is 1.04. The van der Waals surface area contributed by atoms with E-state index in [1.807, 2.05) is 4.57 Å². The van der Waals surface area contributed by atoms with Crippen molar-refractivity contribution in [2.45, 2.75) is 36.7 Å². The van der Waals surface area contributed by atoms with Crippen LogP contribution in [0.5, 0.6) is 0 Å². The van der Waals surface area contributed by atoms with Gasteiger partial charge in [0.15, 0.2) is 5.78 Å². The Hall–Kier alpha value is -2.01. The van der Waals surface area contributed by atoms with Gasteiger partial charge in [0, 0.05) is 41.0 Å². The Labute approximate surface area is 199 Å². The van der Waals surface area contributed by atoms with E-state index in [0.29, 0.717) is 45.7 Å². The highest BCUT2D eigenvalue weighted by molar-refractivity contribution is 8.00. The number of aromatic nitrogens is 1. The van der Waals surface area contributed by atoms with Crippen molar-refractivity contribution >= 4 is 50.1 Å². The van der Waals surface area contributed by atoms with E-state index in [0.717, 1.165) is 6.26 Å². The van der Waals surface area contributed by atoms with E-state index in [2.05, 4.69) is 4.72 Å². The van der Waals surface area contributed by atoms with Gasteiger partial charge in [0.05, 0.1) is 16.8 Å². The smallest absolute Gasteiger partial charge is 0.343 e. The third-order valence-electron chi connectivity index (χ3n) is 5.04. The molecule has 1 N–H and O–H groups in total. The lowest BCUT2D eigenvalue weighted by Crippen LogP contribution is -2.24. The number of halogens is 4. The molecule has 5 nitrogen and oxygen atoms in total. The molecule has 0 atom stereocenters. The first-order valence-corrected chi connectivity index (χ1v) is 13.0. The van der Waals surface area contributed by atoms with Crippen LogP contribution in [0.3, 0.4) is 0 Å².